The fourth-order valence-electron chi connectivity index (χ4n) is 1.87. The van der Waals surface area contributed by atoms with Gasteiger partial charge in [-0.3, -0.25) is 0 Å². The maximum absolute atomic E-state index is 5.91. The standard InChI is InChI=1S/C13H16Br2O3/c1-3-4-16-13(8(2)14)9-5-11-12(6-10(9)15)18-7-17-11/h5-6,8,13H,3-4,7H2,1-2H3. The van der Waals surface area contributed by atoms with Crippen molar-refractivity contribution in [3.05, 3.63) is 22.2 Å². The van der Waals surface area contributed by atoms with Crippen LogP contribution in [0.25, 0.3) is 0 Å². The number of rotatable bonds is 5. The lowest BCUT2D eigenvalue weighted by Gasteiger charge is -2.22. The van der Waals surface area contributed by atoms with Crippen LogP contribution < -0.4 is 9.47 Å². The van der Waals surface area contributed by atoms with Crippen molar-refractivity contribution in [1.29, 1.82) is 0 Å². The van der Waals surface area contributed by atoms with E-state index in [9.17, 15) is 0 Å². The molecule has 0 fully saturated rings. The highest BCUT2D eigenvalue weighted by molar-refractivity contribution is 9.10. The van der Waals surface area contributed by atoms with Gasteiger partial charge in [-0.05, 0) is 25.5 Å². The third kappa shape index (κ3) is 3.00. The van der Waals surface area contributed by atoms with Gasteiger partial charge in [-0.15, -0.1) is 0 Å². The van der Waals surface area contributed by atoms with Crippen molar-refractivity contribution in [2.24, 2.45) is 0 Å². The van der Waals surface area contributed by atoms with Crippen LogP contribution in [0.2, 0.25) is 0 Å². The smallest absolute Gasteiger partial charge is 0.231 e. The molecule has 2 rings (SSSR count). The quantitative estimate of drug-likeness (QED) is 0.708. The third-order valence-corrected chi connectivity index (χ3v) is 3.88. The molecule has 1 heterocycles. The summed E-state index contributed by atoms with van der Waals surface area (Å²) in [6.45, 7) is 5.21. The summed E-state index contributed by atoms with van der Waals surface area (Å²) in [5.41, 5.74) is 1.08. The predicted octanol–water partition coefficient (Wildman–Crippen LogP) is 4.43. The molecule has 100 valence electrons. The van der Waals surface area contributed by atoms with Crippen molar-refractivity contribution in [1.82, 2.24) is 0 Å². The minimum Gasteiger partial charge on any atom is -0.454 e. The molecule has 3 nitrogen and oxygen atoms in total. The van der Waals surface area contributed by atoms with Crippen LogP contribution >= 0.6 is 31.9 Å². The van der Waals surface area contributed by atoms with Crippen LogP contribution in [0.4, 0.5) is 0 Å². The monoisotopic (exact) mass is 378 g/mol. The summed E-state index contributed by atoms with van der Waals surface area (Å²) in [6.07, 6.45) is 0.993. The topological polar surface area (TPSA) is 27.7 Å². The van der Waals surface area contributed by atoms with Crippen molar-refractivity contribution in [2.75, 3.05) is 13.4 Å². The summed E-state index contributed by atoms with van der Waals surface area (Å²) in [5, 5.41) is 0. The molecule has 0 saturated heterocycles. The van der Waals surface area contributed by atoms with Crippen LogP contribution in [0.5, 0.6) is 11.5 Å². The molecular weight excluding hydrogens is 364 g/mol. The van der Waals surface area contributed by atoms with Crippen molar-refractivity contribution in [2.45, 2.75) is 31.2 Å². The Morgan fingerprint density at radius 2 is 2.00 bits per heavy atom. The second-order valence-electron chi connectivity index (χ2n) is 4.20. The van der Waals surface area contributed by atoms with Crippen LogP contribution in [0.15, 0.2) is 16.6 Å². The molecule has 1 aliphatic rings. The molecule has 0 amide bonds. The molecular formula is C13H16Br2O3. The molecule has 5 heteroatoms. The number of hydrogen-bond acceptors (Lipinski definition) is 3. The Balaban J connectivity index is 2.29. The van der Waals surface area contributed by atoms with Gasteiger partial charge in [0.05, 0.1) is 6.10 Å². The van der Waals surface area contributed by atoms with Crippen LogP contribution in [-0.2, 0) is 4.74 Å². The highest BCUT2D eigenvalue weighted by Gasteiger charge is 2.24. The maximum atomic E-state index is 5.91. The molecule has 0 spiro atoms. The van der Waals surface area contributed by atoms with E-state index in [1.807, 2.05) is 12.1 Å². The van der Waals surface area contributed by atoms with E-state index in [1.165, 1.54) is 0 Å². The number of halogens is 2. The van der Waals surface area contributed by atoms with E-state index in [4.69, 9.17) is 14.2 Å². The highest BCUT2D eigenvalue weighted by Crippen LogP contribution is 2.41. The molecule has 2 unspecified atom stereocenters. The Kier molecular flexibility index (Phi) is 4.92. The van der Waals surface area contributed by atoms with Crippen LogP contribution in [-0.4, -0.2) is 18.2 Å². The van der Waals surface area contributed by atoms with Gasteiger partial charge >= 0.3 is 0 Å². The number of benzene rings is 1. The molecule has 0 bridgehead atoms. The lowest BCUT2D eigenvalue weighted by atomic mass is 10.1. The largest absolute Gasteiger partial charge is 0.454 e. The lowest BCUT2D eigenvalue weighted by Crippen LogP contribution is -2.14. The molecule has 0 aliphatic carbocycles. The van der Waals surface area contributed by atoms with Crippen molar-refractivity contribution < 1.29 is 14.2 Å². The molecule has 1 aromatic carbocycles. The van der Waals surface area contributed by atoms with Gasteiger partial charge < -0.3 is 14.2 Å². The third-order valence-electron chi connectivity index (χ3n) is 2.72. The summed E-state index contributed by atoms with van der Waals surface area (Å²) in [4.78, 5) is 0.223. The Hall–Kier alpha value is -0.260. The maximum Gasteiger partial charge on any atom is 0.231 e. The van der Waals surface area contributed by atoms with E-state index in [0.29, 0.717) is 0 Å². The Morgan fingerprint density at radius 1 is 1.33 bits per heavy atom. The van der Waals surface area contributed by atoms with E-state index >= 15 is 0 Å². The molecule has 1 aromatic rings. The molecule has 0 radical (unpaired) electrons. The Labute approximate surface area is 124 Å². The minimum atomic E-state index is -0.00572. The van der Waals surface area contributed by atoms with Crippen molar-refractivity contribution in [3.8, 4) is 11.5 Å². The first-order valence-electron chi connectivity index (χ1n) is 5.98. The molecule has 1 aliphatic heterocycles. The summed E-state index contributed by atoms with van der Waals surface area (Å²) in [6, 6.07) is 3.93. The van der Waals surface area contributed by atoms with Gasteiger partial charge in [-0.25, -0.2) is 0 Å². The molecule has 18 heavy (non-hydrogen) atoms. The first-order valence-corrected chi connectivity index (χ1v) is 7.69. The summed E-state index contributed by atoms with van der Waals surface area (Å²) >= 11 is 7.18. The van der Waals surface area contributed by atoms with Gasteiger partial charge in [0.2, 0.25) is 6.79 Å². The van der Waals surface area contributed by atoms with Crippen molar-refractivity contribution in [3.63, 3.8) is 0 Å². The van der Waals surface area contributed by atoms with E-state index in [2.05, 4.69) is 45.7 Å². The van der Waals surface area contributed by atoms with Gasteiger partial charge in [-0.1, -0.05) is 38.8 Å². The molecule has 2 atom stereocenters. The van der Waals surface area contributed by atoms with Crippen molar-refractivity contribution >= 4 is 31.9 Å². The first kappa shape index (κ1) is 14.2. The zero-order valence-corrected chi connectivity index (χ0v) is 13.6. The van der Waals surface area contributed by atoms with Crippen LogP contribution in [0, 0.1) is 0 Å². The molecule has 0 aromatic heterocycles. The van der Waals surface area contributed by atoms with Gasteiger partial charge in [0.1, 0.15) is 0 Å². The molecule has 0 saturated carbocycles. The second kappa shape index (κ2) is 6.26. The Morgan fingerprint density at radius 3 is 2.61 bits per heavy atom. The zero-order chi connectivity index (χ0) is 13.1. The van der Waals surface area contributed by atoms with E-state index in [0.717, 1.165) is 34.6 Å². The van der Waals surface area contributed by atoms with E-state index in [-0.39, 0.29) is 17.7 Å². The lowest BCUT2D eigenvalue weighted by molar-refractivity contribution is 0.0549. The average molecular weight is 380 g/mol. The zero-order valence-electron chi connectivity index (χ0n) is 10.4. The second-order valence-corrected chi connectivity index (χ2v) is 6.49. The average Bonchev–Trinajstić information content (AvgIpc) is 2.76. The number of ether oxygens (including phenoxy) is 3. The number of alkyl halides is 1. The van der Waals surface area contributed by atoms with Gasteiger partial charge in [-0.2, -0.15) is 0 Å². The normalized spacial score (nSPS) is 16.7. The summed E-state index contributed by atoms with van der Waals surface area (Å²) in [5.74, 6) is 1.56. The fraction of sp³-hybridized carbons (Fsp3) is 0.538. The number of hydrogen-bond donors (Lipinski definition) is 0. The van der Waals surface area contributed by atoms with E-state index in [1.54, 1.807) is 0 Å². The highest BCUT2D eigenvalue weighted by atomic mass is 79.9. The predicted molar refractivity (Wildman–Crippen MR) is 77.6 cm³/mol. The number of fused-ring (bicyclic) bond motifs is 1. The first-order chi connectivity index (χ1) is 8.63. The van der Waals surface area contributed by atoms with E-state index < -0.39 is 0 Å². The molecule has 0 N–H and O–H groups in total. The van der Waals surface area contributed by atoms with Gasteiger partial charge in [0.15, 0.2) is 11.5 Å². The van der Waals surface area contributed by atoms with Gasteiger partial charge in [0.25, 0.3) is 0 Å². The van der Waals surface area contributed by atoms with Crippen LogP contribution in [0.1, 0.15) is 31.9 Å². The van der Waals surface area contributed by atoms with Crippen LogP contribution in [0.3, 0.4) is 0 Å². The minimum absolute atomic E-state index is 0.00572. The summed E-state index contributed by atoms with van der Waals surface area (Å²) < 4.78 is 17.7. The summed E-state index contributed by atoms with van der Waals surface area (Å²) in [7, 11) is 0. The van der Waals surface area contributed by atoms with Gasteiger partial charge in [0, 0.05) is 21.5 Å². The SMILES string of the molecule is CCCOC(c1cc2c(cc1Br)OCO2)C(C)Br. The fourth-order valence-corrected chi connectivity index (χ4v) is 2.85. The Bertz CT molecular complexity index is 421.